The van der Waals surface area contributed by atoms with Crippen molar-refractivity contribution in [3.63, 3.8) is 0 Å². The molecule has 2 rings (SSSR count). The Morgan fingerprint density at radius 1 is 1.41 bits per heavy atom. The molecule has 1 atom stereocenters. The van der Waals surface area contributed by atoms with Crippen LogP contribution < -0.4 is 4.74 Å². The molecule has 1 heterocycles. The van der Waals surface area contributed by atoms with Crippen LogP contribution in [0.5, 0.6) is 5.75 Å². The molecule has 0 saturated heterocycles. The predicted octanol–water partition coefficient (Wildman–Crippen LogP) is 4.02. The van der Waals surface area contributed by atoms with Gasteiger partial charge in [-0.25, -0.2) is 4.39 Å². The molecule has 0 fully saturated rings. The zero-order valence-electron chi connectivity index (χ0n) is 13.5. The van der Waals surface area contributed by atoms with Crippen LogP contribution in [0.2, 0.25) is 5.02 Å². The number of nitrogens with zero attached hydrogens (tertiary/aromatic N) is 2. The smallest absolute Gasteiger partial charge is 0.137 e. The number of aromatic nitrogens is 2. The quantitative estimate of drug-likeness (QED) is 0.902. The summed E-state index contributed by atoms with van der Waals surface area (Å²) in [5.41, 5.74) is 3.54. The van der Waals surface area contributed by atoms with Crippen LogP contribution >= 0.6 is 11.6 Å². The lowest BCUT2D eigenvalue weighted by Gasteiger charge is -2.26. The number of rotatable bonds is 5. The van der Waals surface area contributed by atoms with Crippen molar-refractivity contribution in [1.82, 2.24) is 15.1 Å². The summed E-state index contributed by atoms with van der Waals surface area (Å²) < 4.78 is 19.3. The van der Waals surface area contributed by atoms with Crippen molar-refractivity contribution in [3.8, 4) is 5.75 Å². The summed E-state index contributed by atoms with van der Waals surface area (Å²) in [6.07, 6.45) is 0. The van der Waals surface area contributed by atoms with Crippen molar-refractivity contribution >= 4 is 11.6 Å². The Bertz CT molecular complexity index is 652. The normalized spacial score (nSPS) is 12.7. The standard InChI is InChI=1S/C16H21ClFN3O/c1-9-15(10(2)20-19-9)11(3)21(4)8-12-13(18)6-7-14(22-5)16(12)17/h6-7,11H,8H2,1-5H3,(H,19,20)/t11-/m0/s1. The Labute approximate surface area is 135 Å². The van der Waals surface area contributed by atoms with E-state index in [-0.39, 0.29) is 11.9 Å². The van der Waals surface area contributed by atoms with E-state index in [9.17, 15) is 4.39 Å². The van der Waals surface area contributed by atoms with Crippen LogP contribution in [0.15, 0.2) is 12.1 Å². The third-order valence-corrected chi connectivity index (χ3v) is 4.46. The maximum Gasteiger partial charge on any atom is 0.137 e. The van der Waals surface area contributed by atoms with Crippen LogP contribution in [0.4, 0.5) is 4.39 Å². The van der Waals surface area contributed by atoms with Gasteiger partial charge in [0.1, 0.15) is 11.6 Å². The Balaban J connectivity index is 2.27. The van der Waals surface area contributed by atoms with E-state index in [1.165, 1.54) is 19.2 Å². The number of methoxy groups -OCH3 is 1. The summed E-state index contributed by atoms with van der Waals surface area (Å²) in [6.45, 7) is 6.39. The molecule has 0 amide bonds. The molecular weight excluding hydrogens is 305 g/mol. The highest BCUT2D eigenvalue weighted by molar-refractivity contribution is 6.32. The molecule has 0 spiro atoms. The van der Waals surface area contributed by atoms with Crippen LogP contribution in [-0.4, -0.2) is 29.3 Å². The first-order valence-corrected chi connectivity index (χ1v) is 7.47. The molecule has 0 aliphatic heterocycles. The highest BCUT2D eigenvalue weighted by Gasteiger charge is 2.21. The molecule has 0 saturated carbocycles. The highest BCUT2D eigenvalue weighted by atomic mass is 35.5. The minimum Gasteiger partial charge on any atom is -0.495 e. The summed E-state index contributed by atoms with van der Waals surface area (Å²) in [5.74, 6) is 0.153. The van der Waals surface area contributed by atoms with E-state index in [4.69, 9.17) is 16.3 Å². The zero-order valence-corrected chi connectivity index (χ0v) is 14.3. The lowest BCUT2D eigenvalue weighted by atomic mass is 10.0. The number of benzene rings is 1. The summed E-state index contributed by atoms with van der Waals surface area (Å²) >= 11 is 6.24. The van der Waals surface area contributed by atoms with E-state index < -0.39 is 0 Å². The van der Waals surface area contributed by atoms with E-state index >= 15 is 0 Å². The minimum atomic E-state index is -0.328. The molecule has 0 aliphatic carbocycles. The Kier molecular flexibility index (Phi) is 5.08. The van der Waals surface area contributed by atoms with Crippen LogP contribution in [0, 0.1) is 19.7 Å². The molecule has 6 heteroatoms. The average Bonchev–Trinajstić information content (AvgIpc) is 2.81. The second kappa shape index (κ2) is 6.67. The van der Waals surface area contributed by atoms with Crippen LogP contribution in [0.3, 0.4) is 0 Å². The van der Waals surface area contributed by atoms with Crippen LogP contribution in [-0.2, 0) is 6.54 Å². The molecule has 0 aliphatic rings. The van der Waals surface area contributed by atoms with Gasteiger partial charge in [0.05, 0.1) is 17.8 Å². The Morgan fingerprint density at radius 3 is 2.64 bits per heavy atom. The molecule has 1 N–H and O–H groups in total. The third-order valence-electron chi connectivity index (χ3n) is 4.04. The molecule has 22 heavy (non-hydrogen) atoms. The molecule has 0 unspecified atom stereocenters. The largest absolute Gasteiger partial charge is 0.495 e. The lowest BCUT2D eigenvalue weighted by molar-refractivity contribution is 0.248. The summed E-state index contributed by atoms with van der Waals surface area (Å²) in [4.78, 5) is 2.04. The van der Waals surface area contributed by atoms with Gasteiger partial charge in [-0.05, 0) is 40.0 Å². The SMILES string of the molecule is COc1ccc(F)c(CN(C)[C@@H](C)c2c(C)n[nH]c2C)c1Cl. The van der Waals surface area contributed by atoms with Gasteiger partial charge in [0.2, 0.25) is 0 Å². The van der Waals surface area contributed by atoms with E-state index in [0.29, 0.717) is 22.9 Å². The maximum absolute atomic E-state index is 14.1. The van der Waals surface area contributed by atoms with Gasteiger partial charge < -0.3 is 4.74 Å². The minimum absolute atomic E-state index is 0.0837. The van der Waals surface area contributed by atoms with Crippen molar-refractivity contribution in [2.24, 2.45) is 0 Å². The molecular formula is C16H21ClFN3O. The average molecular weight is 326 g/mol. The monoisotopic (exact) mass is 325 g/mol. The van der Waals surface area contributed by atoms with Crippen molar-refractivity contribution in [2.45, 2.75) is 33.4 Å². The number of ether oxygens (including phenoxy) is 1. The van der Waals surface area contributed by atoms with Crippen molar-refractivity contribution in [2.75, 3.05) is 14.2 Å². The number of nitrogens with one attached hydrogen (secondary N) is 1. The van der Waals surface area contributed by atoms with Gasteiger partial charge in [-0.1, -0.05) is 11.6 Å². The fourth-order valence-corrected chi connectivity index (χ4v) is 2.95. The molecule has 120 valence electrons. The maximum atomic E-state index is 14.1. The number of hydrogen-bond donors (Lipinski definition) is 1. The topological polar surface area (TPSA) is 41.1 Å². The van der Waals surface area contributed by atoms with Gasteiger partial charge in [0, 0.05) is 29.4 Å². The number of H-pyrrole nitrogens is 1. The fraction of sp³-hybridized carbons (Fsp3) is 0.438. The Hall–Kier alpha value is -1.59. The summed E-state index contributed by atoms with van der Waals surface area (Å²) in [7, 11) is 3.46. The van der Waals surface area contributed by atoms with Gasteiger partial charge in [0.15, 0.2) is 0 Å². The van der Waals surface area contributed by atoms with Crippen LogP contribution in [0.1, 0.15) is 35.5 Å². The molecule has 0 radical (unpaired) electrons. The first kappa shape index (κ1) is 16.8. The number of hydrogen-bond acceptors (Lipinski definition) is 3. The molecule has 1 aromatic heterocycles. The second-order valence-corrected chi connectivity index (χ2v) is 5.86. The van der Waals surface area contributed by atoms with Gasteiger partial charge in [-0.2, -0.15) is 5.10 Å². The lowest BCUT2D eigenvalue weighted by Crippen LogP contribution is -2.23. The number of aryl methyl sites for hydroxylation is 2. The summed E-state index contributed by atoms with van der Waals surface area (Å²) in [5, 5.41) is 7.52. The summed E-state index contributed by atoms with van der Waals surface area (Å²) in [6, 6.07) is 3.00. The van der Waals surface area contributed by atoms with E-state index in [1.54, 1.807) is 0 Å². The zero-order chi connectivity index (χ0) is 16.4. The molecule has 1 aromatic carbocycles. The predicted molar refractivity (Wildman–Crippen MR) is 85.9 cm³/mol. The van der Waals surface area contributed by atoms with Crippen molar-refractivity contribution < 1.29 is 9.13 Å². The first-order chi connectivity index (χ1) is 10.4. The van der Waals surface area contributed by atoms with Crippen molar-refractivity contribution in [3.05, 3.63) is 45.5 Å². The van der Waals surface area contributed by atoms with Gasteiger partial charge in [-0.15, -0.1) is 0 Å². The number of aromatic amines is 1. The number of halogens is 2. The van der Waals surface area contributed by atoms with E-state index in [1.807, 2.05) is 25.8 Å². The van der Waals surface area contributed by atoms with E-state index in [2.05, 4.69) is 17.1 Å². The molecule has 0 bridgehead atoms. The first-order valence-electron chi connectivity index (χ1n) is 7.09. The second-order valence-electron chi connectivity index (χ2n) is 5.48. The van der Waals surface area contributed by atoms with Gasteiger partial charge >= 0.3 is 0 Å². The van der Waals surface area contributed by atoms with E-state index in [0.717, 1.165) is 17.0 Å². The van der Waals surface area contributed by atoms with Gasteiger partial charge in [-0.3, -0.25) is 10.00 Å². The van der Waals surface area contributed by atoms with Crippen molar-refractivity contribution in [1.29, 1.82) is 0 Å². The highest BCUT2D eigenvalue weighted by Crippen LogP contribution is 2.33. The van der Waals surface area contributed by atoms with Gasteiger partial charge in [0.25, 0.3) is 0 Å². The Morgan fingerprint density at radius 2 is 2.09 bits per heavy atom. The molecule has 4 nitrogen and oxygen atoms in total. The third kappa shape index (κ3) is 3.10. The van der Waals surface area contributed by atoms with Crippen LogP contribution in [0.25, 0.3) is 0 Å². The fourth-order valence-electron chi connectivity index (χ4n) is 2.66. The molecule has 2 aromatic rings.